The first-order valence-electron chi connectivity index (χ1n) is 4.78. The van der Waals surface area contributed by atoms with Crippen LogP contribution in [0.4, 0.5) is 11.4 Å². The van der Waals surface area contributed by atoms with Crippen molar-refractivity contribution in [1.29, 1.82) is 0 Å². The van der Waals surface area contributed by atoms with E-state index < -0.39 is 22.3 Å². The number of nitrogens with zero attached hydrogens (tertiary/aromatic N) is 2. The standard InChI is InChI=1S/C10H8N2O5/c13-7-4-10(15)11(5-7)6-1-2-9(14)8(3-6)12(16)17/h1-3,14H,4-5H2. The van der Waals surface area contributed by atoms with Gasteiger partial charge in [-0.1, -0.05) is 0 Å². The van der Waals surface area contributed by atoms with Crippen LogP contribution < -0.4 is 4.90 Å². The second kappa shape index (κ2) is 3.85. The summed E-state index contributed by atoms with van der Waals surface area (Å²) >= 11 is 0. The van der Waals surface area contributed by atoms with Crippen LogP contribution in [0.1, 0.15) is 6.42 Å². The quantitative estimate of drug-likeness (QED) is 0.460. The maximum absolute atomic E-state index is 11.4. The molecule has 17 heavy (non-hydrogen) atoms. The van der Waals surface area contributed by atoms with Crippen LogP contribution >= 0.6 is 0 Å². The summed E-state index contributed by atoms with van der Waals surface area (Å²) < 4.78 is 0. The summed E-state index contributed by atoms with van der Waals surface area (Å²) in [5.41, 5.74) is -0.250. The van der Waals surface area contributed by atoms with Crippen LogP contribution in [0.25, 0.3) is 0 Å². The van der Waals surface area contributed by atoms with Crippen LogP contribution in [-0.4, -0.2) is 28.3 Å². The van der Waals surface area contributed by atoms with E-state index in [2.05, 4.69) is 0 Å². The van der Waals surface area contributed by atoms with Gasteiger partial charge in [0.15, 0.2) is 11.5 Å². The summed E-state index contributed by atoms with van der Waals surface area (Å²) in [6.07, 6.45) is -0.186. The Kier molecular flexibility index (Phi) is 2.51. The molecule has 1 aromatic carbocycles. The van der Waals surface area contributed by atoms with Crippen LogP contribution in [0.15, 0.2) is 18.2 Å². The zero-order chi connectivity index (χ0) is 12.6. The molecule has 2 rings (SSSR count). The van der Waals surface area contributed by atoms with E-state index in [1.807, 2.05) is 0 Å². The lowest BCUT2D eigenvalue weighted by Crippen LogP contribution is -2.24. The molecule has 1 aliphatic heterocycles. The molecular weight excluding hydrogens is 228 g/mol. The number of nitro benzene ring substituents is 1. The lowest BCUT2D eigenvalue weighted by Gasteiger charge is -2.14. The molecule has 1 N–H and O–H groups in total. The van der Waals surface area contributed by atoms with Crippen molar-refractivity contribution in [2.45, 2.75) is 6.42 Å². The van der Waals surface area contributed by atoms with Gasteiger partial charge in [0.1, 0.15) is 0 Å². The van der Waals surface area contributed by atoms with Crippen molar-refractivity contribution in [3.63, 3.8) is 0 Å². The monoisotopic (exact) mass is 236 g/mol. The Labute approximate surface area is 95.4 Å². The summed E-state index contributed by atoms with van der Waals surface area (Å²) in [5, 5.41) is 19.9. The van der Waals surface area contributed by atoms with Crippen molar-refractivity contribution in [3.8, 4) is 5.75 Å². The molecule has 1 heterocycles. The van der Waals surface area contributed by atoms with Gasteiger partial charge in [-0.05, 0) is 12.1 Å². The highest BCUT2D eigenvalue weighted by atomic mass is 16.6. The first-order valence-corrected chi connectivity index (χ1v) is 4.78. The zero-order valence-electron chi connectivity index (χ0n) is 8.62. The van der Waals surface area contributed by atoms with Crippen molar-refractivity contribution < 1.29 is 19.6 Å². The fourth-order valence-corrected chi connectivity index (χ4v) is 1.65. The minimum Gasteiger partial charge on any atom is -0.502 e. The lowest BCUT2D eigenvalue weighted by atomic mass is 10.2. The third kappa shape index (κ3) is 1.94. The van der Waals surface area contributed by atoms with Crippen molar-refractivity contribution in [3.05, 3.63) is 28.3 Å². The number of carbonyl (C=O) groups is 2. The van der Waals surface area contributed by atoms with Gasteiger partial charge in [0.2, 0.25) is 5.91 Å². The van der Waals surface area contributed by atoms with Gasteiger partial charge < -0.3 is 10.0 Å². The molecule has 1 aliphatic rings. The van der Waals surface area contributed by atoms with Gasteiger partial charge in [0.25, 0.3) is 0 Å². The van der Waals surface area contributed by atoms with E-state index in [-0.39, 0.29) is 24.4 Å². The molecule has 0 bridgehead atoms. The maximum Gasteiger partial charge on any atom is 0.312 e. The second-order valence-electron chi connectivity index (χ2n) is 3.63. The number of phenols is 1. The largest absolute Gasteiger partial charge is 0.502 e. The van der Waals surface area contributed by atoms with E-state index in [0.717, 1.165) is 17.0 Å². The average molecular weight is 236 g/mol. The first-order chi connectivity index (χ1) is 7.99. The fourth-order valence-electron chi connectivity index (χ4n) is 1.65. The summed E-state index contributed by atoms with van der Waals surface area (Å²) in [4.78, 5) is 33.5. The number of aromatic hydroxyl groups is 1. The number of carbonyl (C=O) groups excluding carboxylic acids is 2. The summed E-state index contributed by atoms with van der Waals surface area (Å²) in [6.45, 7) is -0.0826. The Bertz CT molecular complexity index is 525. The van der Waals surface area contributed by atoms with Crippen LogP contribution in [0.3, 0.4) is 0 Å². The highest BCUT2D eigenvalue weighted by Gasteiger charge is 2.29. The van der Waals surface area contributed by atoms with E-state index in [1.54, 1.807) is 0 Å². The Morgan fingerprint density at radius 1 is 1.35 bits per heavy atom. The molecule has 88 valence electrons. The minimum absolute atomic E-state index is 0.0826. The number of hydrogen-bond acceptors (Lipinski definition) is 5. The number of nitro groups is 1. The van der Waals surface area contributed by atoms with Gasteiger partial charge in [-0.25, -0.2) is 0 Å². The van der Waals surface area contributed by atoms with Crippen molar-refractivity contribution in [2.75, 3.05) is 11.4 Å². The maximum atomic E-state index is 11.4. The molecule has 1 saturated heterocycles. The molecule has 0 spiro atoms. The summed E-state index contributed by atoms with van der Waals surface area (Å²) in [7, 11) is 0. The molecule has 0 aliphatic carbocycles. The molecule has 7 nitrogen and oxygen atoms in total. The molecule has 1 aromatic rings. The topological polar surface area (TPSA) is 101 Å². The fraction of sp³-hybridized carbons (Fsp3) is 0.200. The number of rotatable bonds is 2. The van der Waals surface area contributed by atoms with E-state index in [0.29, 0.717) is 0 Å². The third-order valence-electron chi connectivity index (χ3n) is 2.45. The Hall–Kier alpha value is -2.44. The van der Waals surface area contributed by atoms with E-state index in [9.17, 15) is 24.8 Å². The Balaban J connectivity index is 2.40. The smallest absolute Gasteiger partial charge is 0.312 e. The van der Waals surface area contributed by atoms with Crippen molar-refractivity contribution in [1.82, 2.24) is 0 Å². The molecule has 1 fully saturated rings. The van der Waals surface area contributed by atoms with Crippen LogP contribution in [0, 0.1) is 10.1 Å². The molecule has 0 atom stereocenters. The van der Waals surface area contributed by atoms with E-state index >= 15 is 0 Å². The number of Topliss-reactive ketones (excluding diaryl/α,β-unsaturated/α-hetero) is 1. The van der Waals surface area contributed by atoms with Gasteiger partial charge in [-0.3, -0.25) is 19.7 Å². The molecule has 0 unspecified atom stereocenters. The van der Waals surface area contributed by atoms with Gasteiger partial charge in [0, 0.05) is 6.07 Å². The first kappa shape index (κ1) is 11.1. The average Bonchev–Trinajstić information content (AvgIpc) is 2.58. The van der Waals surface area contributed by atoms with Crippen molar-refractivity contribution in [2.24, 2.45) is 0 Å². The normalized spacial score (nSPS) is 15.4. The van der Waals surface area contributed by atoms with Crippen molar-refractivity contribution >= 4 is 23.1 Å². The Morgan fingerprint density at radius 2 is 2.06 bits per heavy atom. The molecule has 0 aromatic heterocycles. The number of amides is 1. The SMILES string of the molecule is O=C1CC(=O)N(c2ccc(O)c([N+](=O)[O-])c2)C1. The number of phenolic OH excluding ortho intramolecular Hbond substituents is 1. The molecule has 7 heteroatoms. The lowest BCUT2D eigenvalue weighted by molar-refractivity contribution is -0.385. The molecule has 1 amide bonds. The van der Waals surface area contributed by atoms with Gasteiger partial charge in [-0.2, -0.15) is 0 Å². The van der Waals surface area contributed by atoms with Crippen LogP contribution in [0.2, 0.25) is 0 Å². The molecular formula is C10H8N2O5. The highest BCUT2D eigenvalue weighted by Crippen LogP contribution is 2.31. The summed E-state index contributed by atoms with van der Waals surface area (Å²) in [5.74, 6) is -1.10. The number of benzene rings is 1. The van der Waals surface area contributed by atoms with Gasteiger partial charge in [0.05, 0.1) is 23.6 Å². The molecule has 0 radical (unpaired) electrons. The predicted octanol–water partition coefficient (Wildman–Crippen LogP) is 0.606. The van der Waals surface area contributed by atoms with Crippen LogP contribution in [-0.2, 0) is 9.59 Å². The number of hydrogen-bond donors (Lipinski definition) is 1. The zero-order valence-corrected chi connectivity index (χ0v) is 8.62. The molecule has 0 saturated carbocycles. The number of anilines is 1. The highest BCUT2D eigenvalue weighted by molar-refractivity contribution is 6.15. The summed E-state index contributed by atoms with van der Waals surface area (Å²) in [6, 6.07) is 3.56. The predicted molar refractivity (Wildman–Crippen MR) is 56.7 cm³/mol. The van der Waals surface area contributed by atoms with Gasteiger partial charge in [-0.15, -0.1) is 0 Å². The Morgan fingerprint density at radius 3 is 2.59 bits per heavy atom. The number of ketones is 1. The van der Waals surface area contributed by atoms with E-state index in [1.165, 1.54) is 6.07 Å². The third-order valence-corrected chi connectivity index (χ3v) is 2.45. The van der Waals surface area contributed by atoms with Crippen LogP contribution in [0.5, 0.6) is 5.75 Å². The van der Waals surface area contributed by atoms with Gasteiger partial charge >= 0.3 is 5.69 Å². The minimum atomic E-state index is -0.749. The second-order valence-corrected chi connectivity index (χ2v) is 3.63. The van der Waals surface area contributed by atoms with E-state index in [4.69, 9.17) is 0 Å².